The molecule has 1 aliphatic rings. The van der Waals surface area contributed by atoms with Gasteiger partial charge in [0.25, 0.3) is 0 Å². The molecule has 0 spiro atoms. The second-order valence-corrected chi connectivity index (χ2v) is 5.66. The van der Waals surface area contributed by atoms with Gasteiger partial charge in [0.15, 0.2) is 0 Å². The van der Waals surface area contributed by atoms with Crippen molar-refractivity contribution in [2.24, 2.45) is 11.8 Å². The van der Waals surface area contributed by atoms with Gasteiger partial charge in [0.2, 0.25) is 0 Å². The summed E-state index contributed by atoms with van der Waals surface area (Å²) < 4.78 is 6.03. The fourth-order valence-electron chi connectivity index (χ4n) is 2.51. The number of rotatable bonds is 2. The summed E-state index contributed by atoms with van der Waals surface area (Å²) in [4.78, 5) is 0. The highest BCUT2D eigenvalue weighted by molar-refractivity contribution is 6.30. The molecule has 0 aliphatic heterocycles. The van der Waals surface area contributed by atoms with Gasteiger partial charge < -0.3 is 4.74 Å². The van der Waals surface area contributed by atoms with Gasteiger partial charge in [0.1, 0.15) is 11.9 Å². The van der Waals surface area contributed by atoms with E-state index >= 15 is 0 Å². The maximum atomic E-state index is 9.19. The highest BCUT2D eigenvalue weighted by Crippen LogP contribution is 2.33. The van der Waals surface area contributed by atoms with E-state index in [1.165, 1.54) is 0 Å². The Hall–Kier alpha value is -1.20. The lowest BCUT2D eigenvalue weighted by Gasteiger charge is -2.31. The lowest BCUT2D eigenvalue weighted by atomic mass is 9.81. The van der Waals surface area contributed by atoms with Gasteiger partial charge in [0, 0.05) is 5.02 Å². The van der Waals surface area contributed by atoms with Crippen LogP contribution >= 0.6 is 11.6 Å². The Bertz CT molecular complexity index is 466. The number of hydrogen-bond acceptors (Lipinski definition) is 2. The van der Waals surface area contributed by atoms with Crippen molar-refractivity contribution >= 4 is 11.6 Å². The molecule has 0 heterocycles. The van der Waals surface area contributed by atoms with Gasteiger partial charge in [-0.2, -0.15) is 5.26 Å². The van der Waals surface area contributed by atoms with Crippen LogP contribution in [-0.2, 0) is 0 Å². The average Bonchev–Trinajstić information content (AvgIpc) is 2.33. The molecule has 0 bridgehead atoms. The van der Waals surface area contributed by atoms with Crippen molar-refractivity contribution in [2.45, 2.75) is 39.2 Å². The molecular formula is C15H18ClNO. The number of nitriles is 1. The molecule has 0 aromatic heterocycles. The number of halogens is 1. The maximum Gasteiger partial charge on any atom is 0.122 e. The van der Waals surface area contributed by atoms with E-state index in [-0.39, 0.29) is 12.0 Å². The lowest BCUT2D eigenvalue weighted by Crippen LogP contribution is -2.32. The first kappa shape index (κ1) is 13.2. The van der Waals surface area contributed by atoms with Crippen LogP contribution in [0.1, 0.15) is 31.7 Å². The molecule has 1 aromatic rings. The Labute approximate surface area is 114 Å². The van der Waals surface area contributed by atoms with E-state index in [2.05, 4.69) is 13.0 Å². The van der Waals surface area contributed by atoms with Crippen LogP contribution in [0.25, 0.3) is 0 Å². The first-order chi connectivity index (χ1) is 8.60. The normalized spacial score (nSPS) is 27.6. The molecule has 2 rings (SSSR count). The minimum Gasteiger partial charge on any atom is -0.489 e. The van der Waals surface area contributed by atoms with E-state index in [9.17, 15) is 5.26 Å². The molecule has 18 heavy (non-hydrogen) atoms. The Kier molecular flexibility index (Phi) is 4.14. The summed E-state index contributed by atoms with van der Waals surface area (Å²) in [7, 11) is 0. The van der Waals surface area contributed by atoms with E-state index in [1.54, 1.807) is 0 Å². The lowest BCUT2D eigenvalue weighted by molar-refractivity contribution is 0.0949. The average molecular weight is 264 g/mol. The number of benzene rings is 1. The quantitative estimate of drug-likeness (QED) is 0.794. The molecule has 2 nitrogen and oxygen atoms in total. The van der Waals surface area contributed by atoms with Crippen LogP contribution in [0.2, 0.25) is 5.02 Å². The molecule has 1 saturated carbocycles. The molecule has 96 valence electrons. The van der Waals surface area contributed by atoms with Gasteiger partial charge in [0.05, 0.1) is 12.0 Å². The molecule has 0 N–H and O–H groups in total. The number of ether oxygens (including phenoxy) is 1. The molecule has 1 aliphatic carbocycles. The summed E-state index contributed by atoms with van der Waals surface area (Å²) in [5.74, 6) is 1.49. The maximum absolute atomic E-state index is 9.19. The second kappa shape index (κ2) is 5.63. The summed E-state index contributed by atoms with van der Waals surface area (Å²) in [6.07, 6.45) is 3.03. The highest BCUT2D eigenvalue weighted by atomic mass is 35.5. The number of nitrogens with zero attached hydrogens (tertiary/aromatic N) is 1. The monoisotopic (exact) mass is 263 g/mol. The molecule has 0 saturated heterocycles. The van der Waals surface area contributed by atoms with Gasteiger partial charge in [-0.15, -0.1) is 0 Å². The van der Waals surface area contributed by atoms with Gasteiger partial charge in [-0.25, -0.2) is 0 Å². The molecular weight excluding hydrogens is 246 g/mol. The van der Waals surface area contributed by atoms with E-state index in [4.69, 9.17) is 16.3 Å². The predicted octanol–water partition coefficient (Wildman–Crippen LogP) is 4.36. The third-order valence-corrected chi connectivity index (χ3v) is 3.87. The molecule has 1 aromatic carbocycles. The fraction of sp³-hybridized carbons (Fsp3) is 0.533. The molecule has 0 amide bonds. The summed E-state index contributed by atoms with van der Waals surface area (Å²) >= 11 is 5.93. The Morgan fingerprint density at radius 1 is 1.39 bits per heavy atom. The zero-order valence-electron chi connectivity index (χ0n) is 10.8. The minimum absolute atomic E-state index is 0.0104. The van der Waals surface area contributed by atoms with Crippen molar-refractivity contribution in [2.75, 3.05) is 0 Å². The second-order valence-electron chi connectivity index (χ2n) is 5.22. The van der Waals surface area contributed by atoms with Crippen molar-refractivity contribution in [3.8, 4) is 11.8 Å². The van der Waals surface area contributed by atoms with E-state index in [0.717, 1.165) is 30.6 Å². The third-order valence-electron chi connectivity index (χ3n) is 3.64. The molecule has 3 atom stereocenters. The van der Waals surface area contributed by atoms with Crippen LogP contribution in [-0.4, -0.2) is 6.10 Å². The van der Waals surface area contributed by atoms with Crippen LogP contribution in [0, 0.1) is 30.1 Å². The fourth-order valence-corrected chi connectivity index (χ4v) is 2.74. The summed E-state index contributed by atoms with van der Waals surface area (Å²) in [6, 6.07) is 7.99. The van der Waals surface area contributed by atoms with E-state index in [1.807, 2.05) is 25.1 Å². The molecule has 0 radical (unpaired) electrons. The van der Waals surface area contributed by atoms with Gasteiger partial charge in [-0.1, -0.05) is 18.5 Å². The van der Waals surface area contributed by atoms with Crippen molar-refractivity contribution < 1.29 is 4.74 Å². The van der Waals surface area contributed by atoms with Crippen molar-refractivity contribution in [3.05, 3.63) is 28.8 Å². The zero-order chi connectivity index (χ0) is 13.1. The van der Waals surface area contributed by atoms with Crippen molar-refractivity contribution in [1.29, 1.82) is 5.26 Å². The van der Waals surface area contributed by atoms with E-state index < -0.39 is 0 Å². The largest absolute Gasteiger partial charge is 0.489 e. The van der Waals surface area contributed by atoms with Crippen molar-refractivity contribution in [3.63, 3.8) is 0 Å². The summed E-state index contributed by atoms with van der Waals surface area (Å²) in [6.45, 7) is 4.20. The Balaban J connectivity index is 2.13. The van der Waals surface area contributed by atoms with Crippen LogP contribution < -0.4 is 4.74 Å². The van der Waals surface area contributed by atoms with Crippen LogP contribution in [0.15, 0.2) is 18.2 Å². The van der Waals surface area contributed by atoms with Gasteiger partial charge in [-0.3, -0.25) is 0 Å². The highest BCUT2D eigenvalue weighted by Gasteiger charge is 2.30. The van der Waals surface area contributed by atoms with Gasteiger partial charge >= 0.3 is 0 Å². The number of aryl methyl sites for hydroxylation is 1. The minimum atomic E-state index is 0.0104. The first-order valence-corrected chi connectivity index (χ1v) is 6.80. The molecule has 3 unspecified atom stereocenters. The Morgan fingerprint density at radius 3 is 2.83 bits per heavy atom. The van der Waals surface area contributed by atoms with Crippen LogP contribution in [0.4, 0.5) is 0 Å². The zero-order valence-corrected chi connectivity index (χ0v) is 11.6. The predicted molar refractivity (Wildman–Crippen MR) is 72.7 cm³/mol. The van der Waals surface area contributed by atoms with Crippen LogP contribution in [0.5, 0.6) is 5.75 Å². The standard InChI is InChI=1S/C15H18ClNO/c1-10-3-4-12(9-17)15(7-10)18-14-6-5-13(16)8-11(14)2/h5-6,8,10,12,15H,3-4,7H2,1-2H3. The summed E-state index contributed by atoms with van der Waals surface area (Å²) in [5, 5.41) is 9.90. The van der Waals surface area contributed by atoms with E-state index in [0.29, 0.717) is 10.9 Å². The van der Waals surface area contributed by atoms with Crippen molar-refractivity contribution in [1.82, 2.24) is 0 Å². The first-order valence-electron chi connectivity index (χ1n) is 6.42. The third kappa shape index (κ3) is 2.97. The molecule has 3 heteroatoms. The van der Waals surface area contributed by atoms with Crippen LogP contribution in [0.3, 0.4) is 0 Å². The van der Waals surface area contributed by atoms with Gasteiger partial charge in [-0.05, 0) is 55.9 Å². The molecule has 1 fully saturated rings. The SMILES string of the molecule is Cc1cc(Cl)ccc1OC1CC(C)CCC1C#N. The topological polar surface area (TPSA) is 33.0 Å². The Morgan fingerprint density at radius 2 is 2.17 bits per heavy atom. The summed E-state index contributed by atoms with van der Waals surface area (Å²) in [5.41, 5.74) is 1.03. The smallest absolute Gasteiger partial charge is 0.122 e. The number of hydrogen-bond donors (Lipinski definition) is 0.